The number of rotatable bonds is 3. The third-order valence-corrected chi connectivity index (χ3v) is 5.41. The van der Waals surface area contributed by atoms with Crippen molar-refractivity contribution in [2.24, 2.45) is 5.73 Å². The molecule has 0 radical (unpaired) electrons. The van der Waals surface area contributed by atoms with Crippen molar-refractivity contribution in [2.75, 3.05) is 36.0 Å². The SMILES string of the molecule is NC1CCN(c2nccnc2C2CN(c3ccc4ccccc4n3)C2)C1. The van der Waals surface area contributed by atoms with Crippen LogP contribution in [0.25, 0.3) is 10.9 Å². The molecule has 1 atom stereocenters. The molecule has 2 fully saturated rings. The molecule has 2 aromatic heterocycles. The molecule has 1 unspecified atom stereocenters. The largest absolute Gasteiger partial charge is 0.355 e. The van der Waals surface area contributed by atoms with Gasteiger partial charge in [-0.05, 0) is 24.6 Å². The average molecular weight is 346 g/mol. The number of fused-ring (bicyclic) bond motifs is 1. The van der Waals surface area contributed by atoms with Crippen LogP contribution in [0.5, 0.6) is 0 Å². The highest BCUT2D eigenvalue weighted by atomic mass is 15.3. The molecule has 0 amide bonds. The third kappa shape index (κ3) is 2.66. The first-order valence-electron chi connectivity index (χ1n) is 9.20. The maximum absolute atomic E-state index is 6.07. The fraction of sp³-hybridized carbons (Fsp3) is 0.350. The van der Waals surface area contributed by atoms with E-state index in [2.05, 4.69) is 44.0 Å². The number of benzene rings is 1. The molecule has 2 aliphatic heterocycles. The van der Waals surface area contributed by atoms with Crippen molar-refractivity contribution in [3.05, 3.63) is 54.5 Å². The lowest BCUT2D eigenvalue weighted by Crippen LogP contribution is -2.46. The number of aromatic nitrogens is 3. The van der Waals surface area contributed by atoms with Gasteiger partial charge in [-0.3, -0.25) is 4.98 Å². The zero-order valence-electron chi connectivity index (χ0n) is 14.6. The van der Waals surface area contributed by atoms with E-state index in [4.69, 9.17) is 10.7 Å². The van der Waals surface area contributed by atoms with Gasteiger partial charge in [0.1, 0.15) is 5.82 Å². The van der Waals surface area contributed by atoms with Crippen molar-refractivity contribution in [3.8, 4) is 0 Å². The van der Waals surface area contributed by atoms with Crippen LogP contribution in [0.2, 0.25) is 0 Å². The number of nitrogens with zero attached hydrogens (tertiary/aromatic N) is 5. The molecular formula is C20H22N6. The molecule has 2 N–H and O–H groups in total. The summed E-state index contributed by atoms with van der Waals surface area (Å²) in [5, 5.41) is 1.18. The Balaban J connectivity index is 1.35. The van der Waals surface area contributed by atoms with Crippen LogP contribution in [0.4, 0.5) is 11.6 Å². The Hall–Kier alpha value is -2.73. The Labute approximate surface area is 152 Å². The highest BCUT2D eigenvalue weighted by Gasteiger charge is 2.34. The summed E-state index contributed by atoms with van der Waals surface area (Å²) in [6, 6.07) is 12.7. The van der Waals surface area contributed by atoms with Gasteiger partial charge in [0.05, 0.1) is 11.2 Å². The van der Waals surface area contributed by atoms with Gasteiger partial charge < -0.3 is 15.5 Å². The van der Waals surface area contributed by atoms with Gasteiger partial charge in [0, 0.05) is 55.9 Å². The first-order valence-corrected chi connectivity index (χ1v) is 9.20. The lowest BCUT2D eigenvalue weighted by molar-refractivity contribution is 0.507. The molecule has 132 valence electrons. The Kier molecular flexibility index (Phi) is 3.71. The Morgan fingerprint density at radius 1 is 0.923 bits per heavy atom. The summed E-state index contributed by atoms with van der Waals surface area (Å²) in [7, 11) is 0. The lowest BCUT2D eigenvalue weighted by atomic mass is 9.95. The van der Waals surface area contributed by atoms with Crippen LogP contribution in [-0.2, 0) is 0 Å². The average Bonchev–Trinajstić information content (AvgIpc) is 3.07. The number of pyridine rings is 1. The molecule has 0 aliphatic carbocycles. The fourth-order valence-electron chi connectivity index (χ4n) is 3.92. The summed E-state index contributed by atoms with van der Waals surface area (Å²) in [6.07, 6.45) is 4.60. The van der Waals surface area contributed by atoms with Crippen molar-refractivity contribution >= 4 is 22.5 Å². The number of para-hydroxylation sites is 1. The summed E-state index contributed by atoms with van der Waals surface area (Å²) >= 11 is 0. The summed E-state index contributed by atoms with van der Waals surface area (Å²) in [4.78, 5) is 18.7. The molecule has 2 aliphatic rings. The van der Waals surface area contributed by atoms with E-state index in [0.717, 1.165) is 55.4 Å². The van der Waals surface area contributed by atoms with Crippen molar-refractivity contribution in [1.29, 1.82) is 0 Å². The second kappa shape index (κ2) is 6.21. The highest BCUT2D eigenvalue weighted by Crippen LogP contribution is 2.34. The predicted octanol–water partition coefficient (Wildman–Crippen LogP) is 2.17. The van der Waals surface area contributed by atoms with Gasteiger partial charge in [-0.2, -0.15) is 0 Å². The van der Waals surface area contributed by atoms with Gasteiger partial charge in [-0.1, -0.05) is 18.2 Å². The summed E-state index contributed by atoms with van der Waals surface area (Å²) in [5.74, 6) is 2.44. The second-order valence-electron chi connectivity index (χ2n) is 7.22. The number of hydrogen-bond acceptors (Lipinski definition) is 6. The van der Waals surface area contributed by atoms with Crippen molar-refractivity contribution in [3.63, 3.8) is 0 Å². The maximum Gasteiger partial charge on any atom is 0.150 e. The van der Waals surface area contributed by atoms with E-state index >= 15 is 0 Å². The quantitative estimate of drug-likeness (QED) is 0.784. The van der Waals surface area contributed by atoms with E-state index < -0.39 is 0 Å². The molecule has 1 aromatic carbocycles. The summed E-state index contributed by atoms with van der Waals surface area (Å²) < 4.78 is 0. The van der Waals surface area contributed by atoms with Gasteiger partial charge in [-0.25, -0.2) is 9.97 Å². The van der Waals surface area contributed by atoms with Crippen LogP contribution in [0.1, 0.15) is 18.0 Å². The first kappa shape index (κ1) is 15.5. The molecule has 26 heavy (non-hydrogen) atoms. The van der Waals surface area contributed by atoms with E-state index in [1.807, 2.05) is 12.1 Å². The monoisotopic (exact) mass is 346 g/mol. The van der Waals surface area contributed by atoms with Crippen LogP contribution in [0.15, 0.2) is 48.8 Å². The van der Waals surface area contributed by atoms with E-state index in [9.17, 15) is 0 Å². The van der Waals surface area contributed by atoms with Crippen molar-refractivity contribution in [2.45, 2.75) is 18.4 Å². The van der Waals surface area contributed by atoms with Gasteiger partial charge in [0.25, 0.3) is 0 Å². The predicted molar refractivity (Wildman–Crippen MR) is 104 cm³/mol. The van der Waals surface area contributed by atoms with Gasteiger partial charge in [0.15, 0.2) is 5.82 Å². The molecule has 0 bridgehead atoms. The highest BCUT2D eigenvalue weighted by molar-refractivity contribution is 5.80. The third-order valence-electron chi connectivity index (χ3n) is 5.41. The number of anilines is 2. The molecule has 2 saturated heterocycles. The second-order valence-corrected chi connectivity index (χ2v) is 7.22. The molecule has 0 spiro atoms. The number of hydrogen-bond donors (Lipinski definition) is 1. The lowest BCUT2D eigenvalue weighted by Gasteiger charge is -2.40. The van der Waals surface area contributed by atoms with E-state index in [0.29, 0.717) is 5.92 Å². The zero-order valence-corrected chi connectivity index (χ0v) is 14.6. The minimum absolute atomic E-state index is 0.240. The van der Waals surface area contributed by atoms with Crippen LogP contribution >= 0.6 is 0 Å². The van der Waals surface area contributed by atoms with Crippen LogP contribution in [0.3, 0.4) is 0 Å². The summed E-state index contributed by atoms with van der Waals surface area (Å²) in [5.41, 5.74) is 8.21. The van der Waals surface area contributed by atoms with Crippen LogP contribution in [-0.4, -0.2) is 47.2 Å². The standard InChI is InChI=1S/C20H22N6/c21-16-7-10-25(13-16)20-19(22-8-9-23-20)15-11-26(12-15)18-6-5-14-3-1-2-4-17(14)24-18/h1-6,8-9,15-16H,7,10-13,21H2. The van der Waals surface area contributed by atoms with Crippen LogP contribution < -0.4 is 15.5 Å². The normalized spacial score (nSPS) is 20.6. The van der Waals surface area contributed by atoms with Gasteiger partial charge in [0.2, 0.25) is 0 Å². The molecule has 3 aromatic rings. The smallest absolute Gasteiger partial charge is 0.150 e. The fourth-order valence-corrected chi connectivity index (χ4v) is 3.92. The van der Waals surface area contributed by atoms with Crippen molar-refractivity contribution in [1.82, 2.24) is 15.0 Å². The Morgan fingerprint density at radius 2 is 1.77 bits per heavy atom. The van der Waals surface area contributed by atoms with Gasteiger partial charge >= 0.3 is 0 Å². The topological polar surface area (TPSA) is 71.2 Å². The Morgan fingerprint density at radius 3 is 2.62 bits per heavy atom. The maximum atomic E-state index is 6.07. The minimum Gasteiger partial charge on any atom is -0.355 e. The summed E-state index contributed by atoms with van der Waals surface area (Å²) in [6.45, 7) is 3.69. The van der Waals surface area contributed by atoms with Crippen molar-refractivity contribution < 1.29 is 0 Å². The van der Waals surface area contributed by atoms with E-state index in [-0.39, 0.29) is 6.04 Å². The molecule has 6 nitrogen and oxygen atoms in total. The van der Waals surface area contributed by atoms with Gasteiger partial charge in [-0.15, -0.1) is 0 Å². The van der Waals surface area contributed by atoms with Crippen LogP contribution in [0, 0.1) is 0 Å². The van der Waals surface area contributed by atoms with E-state index in [1.165, 1.54) is 5.39 Å². The molecule has 0 saturated carbocycles. The molecule has 6 heteroatoms. The zero-order chi connectivity index (χ0) is 17.5. The first-order chi connectivity index (χ1) is 12.8. The molecule has 5 rings (SSSR count). The van der Waals surface area contributed by atoms with E-state index in [1.54, 1.807) is 12.4 Å². The molecule has 4 heterocycles. The number of nitrogens with two attached hydrogens (primary N) is 1. The Bertz CT molecular complexity index is 936. The molecular weight excluding hydrogens is 324 g/mol. The minimum atomic E-state index is 0.240.